The first-order valence-electron chi connectivity index (χ1n) is 8.76. The van der Waals surface area contributed by atoms with Crippen molar-refractivity contribution in [1.82, 2.24) is 0 Å². The summed E-state index contributed by atoms with van der Waals surface area (Å²) in [6.07, 6.45) is 3.65. The van der Waals surface area contributed by atoms with Crippen LogP contribution in [0, 0.1) is 5.92 Å². The van der Waals surface area contributed by atoms with Gasteiger partial charge in [0.05, 0.1) is 23.6 Å². The molecule has 0 N–H and O–H groups in total. The summed E-state index contributed by atoms with van der Waals surface area (Å²) in [6, 6.07) is 5.48. The van der Waals surface area contributed by atoms with Gasteiger partial charge in [0, 0.05) is 11.7 Å². The Balaban J connectivity index is 1.91. The lowest BCUT2D eigenvalue weighted by Crippen LogP contribution is -2.41. The average Bonchev–Trinajstić information content (AvgIpc) is 3.23. The number of rotatable bonds is 6. The predicted molar refractivity (Wildman–Crippen MR) is 98.9 cm³/mol. The molecule has 0 aromatic heterocycles. The summed E-state index contributed by atoms with van der Waals surface area (Å²) in [7, 11) is -3.68. The molecule has 0 amide bonds. The molecule has 0 atom stereocenters. The van der Waals surface area contributed by atoms with Crippen LogP contribution >= 0.6 is 0 Å². The summed E-state index contributed by atoms with van der Waals surface area (Å²) < 4.78 is 41.6. The minimum Gasteiger partial charge on any atom is -0.494 e. The van der Waals surface area contributed by atoms with Gasteiger partial charge in [0.25, 0.3) is 0 Å². The molecule has 7 heteroatoms. The Labute approximate surface area is 151 Å². The largest absolute Gasteiger partial charge is 0.498 e. The molecule has 138 valence electrons. The zero-order valence-corrected chi connectivity index (χ0v) is 16.5. The quantitative estimate of drug-likeness (QED) is 0.723. The van der Waals surface area contributed by atoms with Crippen LogP contribution in [-0.4, -0.2) is 39.6 Å². The topological polar surface area (TPSA) is 61.8 Å². The Hall–Kier alpha value is -1.05. The van der Waals surface area contributed by atoms with Crippen LogP contribution in [0.25, 0.3) is 0 Å². The number of benzene rings is 1. The summed E-state index contributed by atoms with van der Waals surface area (Å²) >= 11 is 0. The van der Waals surface area contributed by atoms with E-state index in [9.17, 15) is 8.42 Å². The first kappa shape index (κ1) is 18.7. The minimum atomic E-state index is -3.11. The molecule has 1 saturated carbocycles. The van der Waals surface area contributed by atoms with Crippen LogP contribution in [0.15, 0.2) is 18.2 Å². The third kappa shape index (κ3) is 4.38. The van der Waals surface area contributed by atoms with Crippen LogP contribution in [0.3, 0.4) is 0 Å². The van der Waals surface area contributed by atoms with Gasteiger partial charge in [-0.05, 0) is 58.1 Å². The Kier molecular flexibility index (Phi) is 4.71. The van der Waals surface area contributed by atoms with Gasteiger partial charge in [-0.2, -0.15) is 0 Å². The normalized spacial score (nSPS) is 22.2. The van der Waals surface area contributed by atoms with E-state index in [0.717, 1.165) is 5.46 Å². The lowest BCUT2D eigenvalue weighted by Gasteiger charge is -2.32. The molecule has 2 fully saturated rings. The predicted octanol–water partition coefficient (Wildman–Crippen LogP) is 2.32. The van der Waals surface area contributed by atoms with E-state index in [1.807, 2.05) is 39.8 Å². The number of hydrogen-bond acceptors (Lipinski definition) is 5. The molecule has 1 aromatic carbocycles. The van der Waals surface area contributed by atoms with Crippen LogP contribution < -0.4 is 10.2 Å². The number of sulfone groups is 1. The van der Waals surface area contributed by atoms with Crippen molar-refractivity contribution in [3.8, 4) is 5.75 Å². The van der Waals surface area contributed by atoms with E-state index in [1.54, 1.807) is 6.07 Å². The maximum atomic E-state index is 11.7. The van der Waals surface area contributed by atoms with E-state index in [0.29, 0.717) is 23.8 Å². The molecule has 0 spiro atoms. The molecule has 2 aliphatic rings. The molecule has 0 radical (unpaired) electrons. The van der Waals surface area contributed by atoms with Gasteiger partial charge in [-0.15, -0.1) is 0 Å². The zero-order valence-electron chi connectivity index (χ0n) is 15.7. The van der Waals surface area contributed by atoms with E-state index in [-0.39, 0.29) is 5.75 Å². The fraction of sp³-hybridized carbons (Fsp3) is 0.667. The van der Waals surface area contributed by atoms with Crippen LogP contribution in [0.1, 0.15) is 46.1 Å². The van der Waals surface area contributed by atoms with Gasteiger partial charge >= 0.3 is 7.12 Å². The number of hydrogen-bond donors (Lipinski definition) is 0. The van der Waals surface area contributed by atoms with E-state index in [1.165, 1.54) is 19.1 Å². The van der Waals surface area contributed by atoms with E-state index in [2.05, 4.69) is 0 Å². The van der Waals surface area contributed by atoms with Crippen molar-refractivity contribution in [3.63, 3.8) is 0 Å². The second-order valence-corrected chi connectivity index (χ2v) is 10.4. The van der Waals surface area contributed by atoms with E-state index in [4.69, 9.17) is 14.0 Å². The maximum Gasteiger partial charge on any atom is 0.498 e. The summed E-state index contributed by atoms with van der Waals surface area (Å²) in [5.74, 6) is 1.33. The fourth-order valence-electron chi connectivity index (χ4n) is 2.77. The van der Waals surface area contributed by atoms with Gasteiger partial charge in [0.1, 0.15) is 5.75 Å². The Morgan fingerprint density at radius 3 is 2.28 bits per heavy atom. The van der Waals surface area contributed by atoms with Crippen molar-refractivity contribution in [2.75, 3.05) is 12.9 Å². The molecule has 1 aliphatic heterocycles. The fourth-order valence-corrected chi connectivity index (χ4v) is 3.55. The van der Waals surface area contributed by atoms with E-state index >= 15 is 0 Å². The van der Waals surface area contributed by atoms with Gasteiger partial charge in [0.15, 0.2) is 9.84 Å². The van der Waals surface area contributed by atoms with Crippen molar-refractivity contribution in [3.05, 3.63) is 23.8 Å². The first-order valence-corrected chi connectivity index (χ1v) is 10.8. The SMILES string of the molecule is CC1(C)OB(c2cc(CS(C)(=O)=O)ccc2OCC2CC2)OC1(C)C. The lowest BCUT2D eigenvalue weighted by molar-refractivity contribution is 0.00578. The summed E-state index contributed by atoms with van der Waals surface area (Å²) in [6.45, 7) is 8.67. The Morgan fingerprint density at radius 1 is 1.16 bits per heavy atom. The van der Waals surface area contributed by atoms with Crippen molar-refractivity contribution in [2.24, 2.45) is 5.92 Å². The van der Waals surface area contributed by atoms with Gasteiger partial charge in [-0.1, -0.05) is 12.1 Å². The van der Waals surface area contributed by atoms with Gasteiger partial charge in [-0.3, -0.25) is 0 Å². The molecular weight excluding hydrogens is 339 g/mol. The highest BCUT2D eigenvalue weighted by molar-refractivity contribution is 7.89. The van der Waals surface area contributed by atoms with Crippen LogP contribution in [0.5, 0.6) is 5.75 Å². The van der Waals surface area contributed by atoms with Crippen molar-refractivity contribution < 1.29 is 22.5 Å². The lowest BCUT2D eigenvalue weighted by atomic mass is 9.77. The molecule has 1 aromatic rings. The van der Waals surface area contributed by atoms with Gasteiger partial charge < -0.3 is 14.0 Å². The summed E-state index contributed by atoms with van der Waals surface area (Å²) in [5, 5.41) is 0. The second kappa shape index (κ2) is 6.29. The average molecular weight is 366 g/mol. The minimum absolute atomic E-state index is 0.0115. The standard InChI is InChI=1S/C18H27BO5S/c1-17(2)18(3,4)24-19(23-17)15-10-14(12-25(5,20)21)8-9-16(15)22-11-13-6-7-13/h8-10,13H,6-7,11-12H2,1-5H3. The molecule has 3 rings (SSSR count). The third-order valence-electron chi connectivity index (χ3n) is 5.18. The third-order valence-corrected chi connectivity index (χ3v) is 6.04. The van der Waals surface area contributed by atoms with Crippen LogP contribution in [0.2, 0.25) is 0 Å². The summed E-state index contributed by atoms with van der Waals surface area (Å²) in [5.41, 5.74) is 0.558. The summed E-state index contributed by atoms with van der Waals surface area (Å²) in [4.78, 5) is 0. The molecule has 1 saturated heterocycles. The van der Waals surface area contributed by atoms with Crippen LogP contribution in [0.4, 0.5) is 0 Å². The monoisotopic (exact) mass is 366 g/mol. The smallest absolute Gasteiger partial charge is 0.494 e. The van der Waals surface area contributed by atoms with E-state index < -0.39 is 28.2 Å². The van der Waals surface area contributed by atoms with Crippen molar-refractivity contribution in [1.29, 1.82) is 0 Å². The molecule has 1 heterocycles. The van der Waals surface area contributed by atoms with Crippen LogP contribution in [-0.2, 0) is 24.9 Å². The molecular formula is C18H27BO5S. The van der Waals surface area contributed by atoms with Gasteiger partial charge in [0.2, 0.25) is 0 Å². The zero-order chi connectivity index (χ0) is 18.5. The maximum absolute atomic E-state index is 11.7. The molecule has 0 unspecified atom stereocenters. The van der Waals surface area contributed by atoms with Crippen molar-refractivity contribution in [2.45, 2.75) is 57.5 Å². The highest BCUT2D eigenvalue weighted by Crippen LogP contribution is 2.37. The number of ether oxygens (including phenoxy) is 1. The molecule has 25 heavy (non-hydrogen) atoms. The highest BCUT2D eigenvalue weighted by atomic mass is 32.2. The Morgan fingerprint density at radius 2 is 1.76 bits per heavy atom. The molecule has 5 nitrogen and oxygen atoms in total. The second-order valence-electron chi connectivity index (χ2n) is 8.28. The molecule has 1 aliphatic carbocycles. The highest BCUT2D eigenvalue weighted by Gasteiger charge is 2.52. The molecule has 0 bridgehead atoms. The first-order chi connectivity index (χ1) is 11.5. The van der Waals surface area contributed by atoms with Crippen molar-refractivity contribution >= 4 is 22.4 Å². The Bertz CT molecular complexity index is 737. The van der Waals surface area contributed by atoms with Gasteiger partial charge in [-0.25, -0.2) is 8.42 Å².